The van der Waals surface area contributed by atoms with Crippen molar-refractivity contribution in [1.82, 2.24) is 9.88 Å². The molecule has 2 heterocycles. The van der Waals surface area contributed by atoms with Gasteiger partial charge in [-0.05, 0) is 42.8 Å². The van der Waals surface area contributed by atoms with E-state index in [1.54, 1.807) is 6.07 Å². The molecule has 0 bridgehead atoms. The summed E-state index contributed by atoms with van der Waals surface area (Å²) in [6.07, 6.45) is 0. The number of hydrogen-bond donors (Lipinski definition) is 1. The lowest BCUT2D eigenvalue weighted by atomic mass is 10.2. The Hall–Kier alpha value is -2.66. The number of carbonyl (C=O) groups is 1. The highest BCUT2D eigenvalue weighted by Crippen LogP contribution is 2.36. The number of nitrogens with one attached hydrogen (secondary N) is 1. The fourth-order valence-corrected chi connectivity index (χ4v) is 3.45. The molecule has 0 fully saturated rings. The molecule has 0 spiro atoms. The molecule has 5 nitrogen and oxygen atoms in total. The van der Waals surface area contributed by atoms with Crippen LogP contribution in [0.25, 0.3) is 10.9 Å². The second-order valence-corrected chi connectivity index (χ2v) is 6.50. The molecule has 6 heteroatoms. The van der Waals surface area contributed by atoms with Gasteiger partial charge in [0.15, 0.2) is 0 Å². The average molecular weight is 371 g/mol. The predicted octanol–water partition coefficient (Wildman–Crippen LogP) is 4.02. The second kappa shape index (κ2) is 6.92. The van der Waals surface area contributed by atoms with Crippen LogP contribution >= 0.6 is 11.6 Å². The van der Waals surface area contributed by atoms with Crippen molar-refractivity contribution in [2.75, 3.05) is 13.2 Å². The molecule has 2 aromatic carbocycles. The van der Waals surface area contributed by atoms with Crippen LogP contribution in [0.15, 0.2) is 42.5 Å². The molecule has 0 saturated carbocycles. The second-order valence-electron chi connectivity index (χ2n) is 6.10. The van der Waals surface area contributed by atoms with Crippen LogP contribution in [0.1, 0.15) is 23.0 Å². The van der Waals surface area contributed by atoms with Crippen LogP contribution in [0.2, 0.25) is 5.02 Å². The van der Waals surface area contributed by atoms with Crippen molar-refractivity contribution in [3.05, 3.63) is 58.7 Å². The van der Waals surface area contributed by atoms with Crippen molar-refractivity contribution in [2.24, 2.45) is 0 Å². The molecule has 0 aliphatic carbocycles. The zero-order valence-electron chi connectivity index (χ0n) is 14.4. The summed E-state index contributed by atoms with van der Waals surface area (Å²) in [5.41, 5.74) is 2.50. The monoisotopic (exact) mass is 370 g/mol. The molecule has 0 saturated heterocycles. The van der Waals surface area contributed by atoms with Gasteiger partial charge in [-0.25, -0.2) is 0 Å². The number of benzene rings is 2. The minimum Gasteiger partial charge on any atom is -0.494 e. The molecule has 3 aromatic rings. The third-order valence-corrected chi connectivity index (χ3v) is 4.79. The van der Waals surface area contributed by atoms with Gasteiger partial charge in [0.2, 0.25) is 0 Å². The summed E-state index contributed by atoms with van der Waals surface area (Å²) >= 11 is 6.30. The summed E-state index contributed by atoms with van der Waals surface area (Å²) < 4.78 is 13.1. The van der Waals surface area contributed by atoms with E-state index in [1.807, 2.05) is 47.9 Å². The standard InChI is InChI=1S/C20H19ClN2O3/c1-2-25-14-5-3-13(4-6-14)12-22-20(24)17-11-15-16(21)7-8-18-19(15)23(17)9-10-26-18/h3-8,11H,2,9-10,12H2,1H3,(H,22,24). The topological polar surface area (TPSA) is 52.5 Å². The first-order valence-electron chi connectivity index (χ1n) is 8.62. The third kappa shape index (κ3) is 2.99. The first-order chi connectivity index (χ1) is 12.7. The Kier molecular flexibility index (Phi) is 4.47. The maximum Gasteiger partial charge on any atom is 0.268 e. The number of amides is 1. The third-order valence-electron chi connectivity index (χ3n) is 4.46. The lowest BCUT2D eigenvalue weighted by Gasteiger charge is -2.19. The number of ether oxygens (including phenoxy) is 2. The maximum absolute atomic E-state index is 12.7. The average Bonchev–Trinajstić information content (AvgIpc) is 3.06. The normalized spacial score (nSPS) is 12.7. The van der Waals surface area contributed by atoms with E-state index in [0.717, 1.165) is 28.0 Å². The van der Waals surface area contributed by atoms with Crippen molar-refractivity contribution in [3.63, 3.8) is 0 Å². The number of rotatable bonds is 5. The van der Waals surface area contributed by atoms with E-state index in [1.165, 1.54) is 0 Å². The van der Waals surface area contributed by atoms with Crippen LogP contribution in [0.3, 0.4) is 0 Å². The predicted molar refractivity (Wildman–Crippen MR) is 101 cm³/mol. The molecule has 1 aliphatic rings. The molecule has 1 N–H and O–H groups in total. The molecule has 0 radical (unpaired) electrons. The molecular formula is C20H19ClN2O3. The number of nitrogens with zero attached hydrogens (tertiary/aromatic N) is 1. The lowest BCUT2D eigenvalue weighted by Crippen LogP contribution is -2.27. The number of halogens is 1. The summed E-state index contributed by atoms with van der Waals surface area (Å²) in [7, 11) is 0. The quantitative estimate of drug-likeness (QED) is 0.738. The Bertz CT molecular complexity index is 963. The van der Waals surface area contributed by atoms with Gasteiger partial charge >= 0.3 is 0 Å². The van der Waals surface area contributed by atoms with E-state index in [4.69, 9.17) is 21.1 Å². The summed E-state index contributed by atoms with van der Waals surface area (Å²) in [5.74, 6) is 1.47. The fraction of sp³-hybridized carbons (Fsp3) is 0.250. The Morgan fingerprint density at radius 2 is 2.08 bits per heavy atom. The molecule has 134 valence electrons. The van der Waals surface area contributed by atoms with Gasteiger partial charge in [0, 0.05) is 11.9 Å². The number of carbonyl (C=O) groups excluding carboxylic acids is 1. The zero-order valence-corrected chi connectivity index (χ0v) is 15.2. The Labute approximate surface area is 156 Å². The van der Waals surface area contributed by atoms with Gasteiger partial charge in [-0.2, -0.15) is 0 Å². The highest BCUT2D eigenvalue weighted by molar-refractivity contribution is 6.36. The summed E-state index contributed by atoms with van der Waals surface area (Å²) in [6.45, 7) is 4.20. The van der Waals surface area contributed by atoms with Gasteiger partial charge in [0.1, 0.15) is 23.8 Å². The van der Waals surface area contributed by atoms with E-state index in [-0.39, 0.29) is 5.91 Å². The highest BCUT2D eigenvalue weighted by atomic mass is 35.5. The summed E-state index contributed by atoms with van der Waals surface area (Å²) in [4.78, 5) is 12.7. The van der Waals surface area contributed by atoms with E-state index < -0.39 is 0 Å². The van der Waals surface area contributed by atoms with Gasteiger partial charge < -0.3 is 19.4 Å². The first kappa shape index (κ1) is 16.8. The first-order valence-corrected chi connectivity index (χ1v) is 8.99. The Morgan fingerprint density at radius 3 is 2.85 bits per heavy atom. The molecule has 0 atom stereocenters. The van der Waals surface area contributed by atoms with Crippen LogP contribution in [0.5, 0.6) is 11.5 Å². The molecule has 0 unspecified atom stereocenters. The van der Waals surface area contributed by atoms with E-state index in [2.05, 4.69) is 5.32 Å². The molecule has 1 amide bonds. The van der Waals surface area contributed by atoms with Crippen LogP contribution in [-0.4, -0.2) is 23.7 Å². The summed E-state index contributed by atoms with van der Waals surface area (Å²) in [5, 5.41) is 4.44. The van der Waals surface area contributed by atoms with E-state index in [0.29, 0.717) is 37.0 Å². The van der Waals surface area contributed by atoms with Crippen LogP contribution in [-0.2, 0) is 13.1 Å². The van der Waals surface area contributed by atoms with E-state index in [9.17, 15) is 4.79 Å². The zero-order chi connectivity index (χ0) is 18.1. The van der Waals surface area contributed by atoms with Gasteiger partial charge in [-0.3, -0.25) is 4.79 Å². The largest absolute Gasteiger partial charge is 0.494 e. The number of hydrogen-bond acceptors (Lipinski definition) is 3. The molecule has 4 rings (SSSR count). The van der Waals surface area contributed by atoms with Gasteiger partial charge in [-0.1, -0.05) is 23.7 Å². The maximum atomic E-state index is 12.7. The summed E-state index contributed by atoms with van der Waals surface area (Å²) in [6, 6.07) is 13.2. The SMILES string of the molecule is CCOc1ccc(CNC(=O)c2cc3c(Cl)ccc4c3n2CCO4)cc1. The number of aromatic nitrogens is 1. The Morgan fingerprint density at radius 1 is 1.27 bits per heavy atom. The van der Waals surface area contributed by atoms with Crippen LogP contribution in [0, 0.1) is 0 Å². The van der Waals surface area contributed by atoms with Crippen molar-refractivity contribution in [3.8, 4) is 11.5 Å². The smallest absolute Gasteiger partial charge is 0.268 e. The van der Waals surface area contributed by atoms with Crippen LogP contribution in [0.4, 0.5) is 0 Å². The lowest BCUT2D eigenvalue weighted by molar-refractivity contribution is 0.0940. The minimum absolute atomic E-state index is 0.126. The van der Waals surface area contributed by atoms with Crippen molar-refractivity contribution in [1.29, 1.82) is 0 Å². The molecule has 26 heavy (non-hydrogen) atoms. The van der Waals surface area contributed by atoms with Crippen molar-refractivity contribution >= 4 is 28.4 Å². The Balaban J connectivity index is 1.55. The molecular weight excluding hydrogens is 352 g/mol. The highest BCUT2D eigenvalue weighted by Gasteiger charge is 2.22. The molecule has 1 aromatic heterocycles. The fourth-order valence-electron chi connectivity index (χ4n) is 3.24. The molecule has 1 aliphatic heterocycles. The van der Waals surface area contributed by atoms with Crippen LogP contribution < -0.4 is 14.8 Å². The van der Waals surface area contributed by atoms with E-state index >= 15 is 0 Å². The van der Waals surface area contributed by atoms with Crippen molar-refractivity contribution < 1.29 is 14.3 Å². The van der Waals surface area contributed by atoms with Gasteiger partial charge in [0.25, 0.3) is 5.91 Å². The van der Waals surface area contributed by atoms with Crippen molar-refractivity contribution in [2.45, 2.75) is 20.0 Å². The minimum atomic E-state index is -0.126. The van der Waals surface area contributed by atoms with Gasteiger partial charge in [-0.15, -0.1) is 0 Å². The van der Waals surface area contributed by atoms with Gasteiger partial charge in [0.05, 0.1) is 23.7 Å².